The summed E-state index contributed by atoms with van der Waals surface area (Å²) >= 11 is 0. The molecule has 1 rings (SSSR count). The van der Waals surface area contributed by atoms with E-state index in [1.165, 1.54) is 0 Å². The Labute approximate surface area is 130 Å². The van der Waals surface area contributed by atoms with Gasteiger partial charge in [-0.3, -0.25) is 10.6 Å². The van der Waals surface area contributed by atoms with Crippen LogP contribution in [0.4, 0.5) is 0 Å². The number of aromatic hydroxyl groups is 1. The third kappa shape index (κ3) is 5.88. The van der Waals surface area contributed by atoms with E-state index in [1.54, 1.807) is 0 Å². The van der Waals surface area contributed by atoms with Gasteiger partial charge in [0.05, 0.1) is 13.2 Å². The fourth-order valence-corrected chi connectivity index (χ4v) is 2.12. The SMILES string of the molecule is CCCc1cc(CNC(O)CO)c(O)c(CNC(O)CO)c1. The fourth-order valence-electron chi connectivity index (χ4n) is 2.12. The maximum absolute atomic E-state index is 10.3. The molecule has 0 amide bonds. The van der Waals surface area contributed by atoms with Gasteiger partial charge in [-0.2, -0.15) is 0 Å². The van der Waals surface area contributed by atoms with Crippen molar-refractivity contribution in [3.63, 3.8) is 0 Å². The minimum atomic E-state index is -1.05. The predicted molar refractivity (Wildman–Crippen MR) is 82.0 cm³/mol. The first-order valence-corrected chi connectivity index (χ1v) is 7.40. The van der Waals surface area contributed by atoms with E-state index in [2.05, 4.69) is 10.6 Å². The standard InChI is InChI=1S/C15H26N2O5/c1-2-3-10-4-11(6-16-13(20)8-18)15(22)12(5-10)7-17-14(21)9-19/h4-5,13-14,16-22H,2-3,6-9H2,1H3. The Kier molecular flexibility index (Phi) is 8.32. The lowest BCUT2D eigenvalue weighted by Crippen LogP contribution is -2.32. The molecule has 0 radical (unpaired) electrons. The van der Waals surface area contributed by atoms with Crippen LogP contribution in [0.15, 0.2) is 12.1 Å². The van der Waals surface area contributed by atoms with Crippen molar-refractivity contribution in [3.8, 4) is 5.75 Å². The first-order chi connectivity index (χ1) is 10.5. The van der Waals surface area contributed by atoms with Gasteiger partial charge in [-0.05, 0) is 12.0 Å². The predicted octanol–water partition coefficient (Wildman–Crippen LogP) is -0.855. The van der Waals surface area contributed by atoms with E-state index in [1.807, 2.05) is 19.1 Å². The van der Waals surface area contributed by atoms with Gasteiger partial charge in [0.25, 0.3) is 0 Å². The topological polar surface area (TPSA) is 125 Å². The summed E-state index contributed by atoms with van der Waals surface area (Å²) < 4.78 is 0. The average Bonchev–Trinajstić information content (AvgIpc) is 2.53. The first kappa shape index (κ1) is 18.8. The van der Waals surface area contributed by atoms with Crippen LogP contribution in [-0.2, 0) is 19.5 Å². The molecular formula is C15H26N2O5. The minimum Gasteiger partial charge on any atom is -0.507 e. The molecule has 1 aromatic rings. The van der Waals surface area contributed by atoms with Gasteiger partial charge < -0.3 is 25.5 Å². The normalized spacial score (nSPS) is 14.0. The largest absolute Gasteiger partial charge is 0.507 e. The van der Waals surface area contributed by atoms with Crippen LogP contribution in [0.3, 0.4) is 0 Å². The molecule has 0 aliphatic heterocycles. The van der Waals surface area contributed by atoms with Crippen LogP contribution in [0.2, 0.25) is 0 Å². The number of hydrogen-bond acceptors (Lipinski definition) is 7. The summed E-state index contributed by atoms with van der Waals surface area (Å²) in [5.74, 6) is 0.0649. The summed E-state index contributed by atoms with van der Waals surface area (Å²) in [7, 11) is 0. The third-order valence-corrected chi connectivity index (χ3v) is 3.27. The molecule has 0 heterocycles. The molecule has 7 nitrogen and oxygen atoms in total. The number of rotatable bonds is 10. The monoisotopic (exact) mass is 314 g/mol. The highest BCUT2D eigenvalue weighted by Crippen LogP contribution is 2.25. The summed E-state index contributed by atoms with van der Waals surface area (Å²) in [6.45, 7) is 1.65. The summed E-state index contributed by atoms with van der Waals surface area (Å²) in [5.41, 5.74) is 2.24. The Morgan fingerprint density at radius 2 is 1.41 bits per heavy atom. The Morgan fingerprint density at radius 3 is 1.77 bits per heavy atom. The molecule has 0 spiro atoms. The second-order valence-corrected chi connectivity index (χ2v) is 5.17. The van der Waals surface area contributed by atoms with E-state index in [0.717, 1.165) is 18.4 Å². The fraction of sp³-hybridized carbons (Fsp3) is 0.600. The zero-order valence-corrected chi connectivity index (χ0v) is 12.8. The van der Waals surface area contributed by atoms with Crippen molar-refractivity contribution in [2.45, 2.75) is 45.3 Å². The van der Waals surface area contributed by atoms with Crippen LogP contribution in [0.25, 0.3) is 0 Å². The molecule has 22 heavy (non-hydrogen) atoms. The molecule has 0 saturated heterocycles. The van der Waals surface area contributed by atoms with E-state index in [4.69, 9.17) is 10.2 Å². The molecule has 0 aliphatic carbocycles. The minimum absolute atomic E-state index is 0.0649. The third-order valence-electron chi connectivity index (χ3n) is 3.27. The molecule has 0 fully saturated rings. The number of hydrogen-bond donors (Lipinski definition) is 7. The Morgan fingerprint density at radius 1 is 0.955 bits per heavy atom. The highest BCUT2D eigenvalue weighted by molar-refractivity contribution is 5.44. The number of benzene rings is 1. The van der Waals surface area contributed by atoms with Crippen LogP contribution >= 0.6 is 0 Å². The van der Waals surface area contributed by atoms with Crippen molar-refractivity contribution in [2.24, 2.45) is 0 Å². The Hall–Kier alpha value is -1.22. The van der Waals surface area contributed by atoms with Gasteiger partial charge in [0.2, 0.25) is 0 Å². The summed E-state index contributed by atoms with van der Waals surface area (Å²) in [6, 6.07) is 3.70. The van der Waals surface area contributed by atoms with Gasteiger partial charge in [0.1, 0.15) is 18.2 Å². The van der Waals surface area contributed by atoms with Crippen molar-refractivity contribution in [1.29, 1.82) is 0 Å². The number of phenolic OH excluding ortho intramolecular Hbond substituents is 1. The highest BCUT2D eigenvalue weighted by Gasteiger charge is 2.12. The number of aliphatic hydroxyl groups is 4. The van der Waals surface area contributed by atoms with Crippen molar-refractivity contribution >= 4 is 0 Å². The van der Waals surface area contributed by atoms with Crippen LogP contribution in [0.5, 0.6) is 5.75 Å². The maximum Gasteiger partial charge on any atom is 0.128 e. The van der Waals surface area contributed by atoms with Crippen LogP contribution in [0, 0.1) is 0 Å². The van der Waals surface area contributed by atoms with Gasteiger partial charge >= 0.3 is 0 Å². The van der Waals surface area contributed by atoms with E-state index in [0.29, 0.717) is 11.1 Å². The van der Waals surface area contributed by atoms with Crippen LogP contribution in [-0.4, -0.2) is 51.2 Å². The molecule has 2 unspecified atom stereocenters. The number of aryl methyl sites for hydroxylation is 1. The molecule has 0 bridgehead atoms. The van der Waals surface area contributed by atoms with Gasteiger partial charge in [0.15, 0.2) is 0 Å². The molecule has 7 N–H and O–H groups in total. The van der Waals surface area contributed by atoms with Crippen molar-refractivity contribution < 1.29 is 25.5 Å². The lowest BCUT2D eigenvalue weighted by Gasteiger charge is -2.17. The smallest absolute Gasteiger partial charge is 0.128 e. The molecule has 7 heteroatoms. The first-order valence-electron chi connectivity index (χ1n) is 7.40. The average molecular weight is 314 g/mol. The second-order valence-electron chi connectivity index (χ2n) is 5.17. The Bertz CT molecular complexity index is 421. The summed E-state index contributed by atoms with van der Waals surface area (Å²) in [6.07, 6.45) is -0.312. The van der Waals surface area contributed by atoms with Gasteiger partial charge in [0, 0.05) is 24.2 Å². The molecule has 1 aromatic carbocycles. The van der Waals surface area contributed by atoms with E-state index >= 15 is 0 Å². The highest BCUT2D eigenvalue weighted by atomic mass is 16.3. The molecule has 0 aromatic heterocycles. The summed E-state index contributed by atoms with van der Waals surface area (Å²) in [4.78, 5) is 0. The maximum atomic E-state index is 10.3. The van der Waals surface area contributed by atoms with Gasteiger partial charge in [-0.15, -0.1) is 0 Å². The number of phenols is 1. The van der Waals surface area contributed by atoms with Crippen LogP contribution in [0.1, 0.15) is 30.0 Å². The van der Waals surface area contributed by atoms with E-state index in [9.17, 15) is 15.3 Å². The summed E-state index contributed by atoms with van der Waals surface area (Å²) in [5, 5.41) is 52.0. The molecular weight excluding hydrogens is 288 g/mol. The van der Waals surface area contributed by atoms with Crippen molar-refractivity contribution in [1.82, 2.24) is 10.6 Å². The zero-order valence-electron chi connectivity index (χ0n) is 12.8. The lowest BCUT2D eigenvalue weighted by atomic mass is 10.0. The van der Waals surface area contributed by atoms with Crippen molar-refractivity contribution in [2.75, 3.05) is 13.2 Å². The number of aliphatic hydroxyl groups excluding tert-OH is 4. The molecule has 0 saturated carbocycles. The lowest BCUT2D eigenvalue weighted by molar-refractivity contribution is 0.0658. The second kappa shape index (κ2) is 9.73. The molecule has 0 aliphatic rings. The zero-order chi connectivity index (χ0) is 16.5. The quantitative estimate of drug-likeness (QED) is 0.280. The molecule has 2 atom stereocenters. The van der Waals surface area contributed by atoms with Crippen LogP contribution < -0.4 is 10.6 Å². The van der Waals surface area contributed by atoms with Crippen molar-refractivity contribution in [3.05, 3.63) is 28.8 Å². The van der Waals surface area contributed by atoms with Gasteiger partial charge in [-0.1, -0.05) is 25.5 Å². The van der Waals surface area contributed by atoms with E-state index < -0.39 is 25.7 Å². The molecule has 126 valence electrons. The van der Waals surface area contributed by atoms with Gasteiger partial charge in [-0.25, -0.2) is 0 Å². The Balaban J connectivity index is 2.91. The van der Waals surface area contributed by atoms with E-state index in [-0.39, 0.29) is 18.8 Å². The number of nitrogens with one attached hydrogen (secondary N) is 2.